The van der Waals surface area contributed by atoms with E-state index in [0.717, 1.165) is 0 Å². The van der Waals surface area contributed by atoms with E-state index in [9.17, 15) is 0 Å². The van der Waals surface area contributed by atoms with Gasteiger partial charge in [0, 0.05) is 0 Å². The fourth-order valence-corrected chi connectivity index (χ4v) is 11.6. The van der Waals surface area contributed by atoms with E-state index in [1.807, 2.05) is 0 Å². The Kier molecular flexibility index (Phi) is 7.58. The first-order chi connectivity index (χ1) is 27.3. The van der Waals surface area contributed by atoms with Crippen LogP contribution >= 0.6 is 7.92 Å². The van der Waals surface area contributed by atoms with E-state index in [0.29, 0.717) is 0 Å². The smallest absolute Gasteiger partial charge is 0.00197 e. The average molecular weight is 715 g/mol. The van der Waals surface area contributed by atoms with Crippen molar-refractivity contribution in [2.45, 2.75) is 0 Å². The van der Waals surface area contributed by atoms with E-state index < -0.39 is 7.92 Å². The predicted octanol–water partition coefficient (Wildman–Crippen LogP) is 13.6. The zero-order valence-electron chi connectivity index (χ0n) is 30.2. The molecule has 1 aliphatic carbocycles. The van der Waals surface area contributed by atoms with Crippen LogP contribution in [0, 0.1) is 0 Å². The van der Waals surface area contributed by atoms with Crippen LogP contribution < -0.4 is 15.9 Å². The topological polar surface area (TPSA) is 0 Å². The molecular formula is C54H35P. The third kappa shape index (κ3) is 5.18. The first kappa shape index (κ1) is 31.9. The minimum atomic E-state index is -0.924. The number of rotatable bonds is 6. The van der Waals surface area contributed by atoms with Crippen molar-refractivity contribution in [1.29, 1.82) is 0 Å². The Bertz CT molecular complexity index is 2990. The molecule has 0 amide bonds. The molecule has 0 bridgehead atoms. The SMILES string of the molecule is c1ccc(-c2ccccc2P(c2ccc(-c3cc4cc5c6c(cccc6c4c4ccccc34)-c3ccccc3-5)cc2)c2ccccc2-c2ccccc2)cc1. The highest BCUT2D eigenvalue weighted by atomic mass is 31.1. The minimum absolute atomic E-state index is 0.924. The molecule has 256 valence electrons. The average Bonchev–Trinajstić information content (AvgIpc) is 3.59. The van der Waals surface area contributed by atoms with Gasteiger partial charge in [0.1, 0.15) is 0 Å². The summed E-state index contributed by atoms with van der Waals surface area (Å²) in [4.78, 5) is 0. The quantitative estimate of drug-likeness (QED) is 0.119. The predicted molar refractivity (Wildman–Crippen MR) is 238 cm³/mol. The van der Waals surface area contributed by atoms with Gasteiger partial charge in [0.2, 0.25) is 0 Å². The van der Waals surface area contributed by atoms with Crippen molar-refractivity contribution in [3.8, 4) is 55.6 Å². The molecule has 1 aliphatic rings. The summed E-state index contributed by atoms with van der Waals surface area (Å²) in [6, 6.07) is 78.8. The first-order valence-electron chi connectivity index (χ1n) is 19.0. The maximum absolute atomic E-state index is 2.44. The summed E-state index contributed by atoms with van der Waals surface area (Å²) in [5, 5.41) is 12.0. The third-order valence-electron chi connectivity index (χ3n) is 11.4. The number of benzene rings is 10. The Morgan fingerprint density at radius 1 is 0.255 bits per heavy atom. The Hall–Kier alpha value is -6.59. The van der Waals surface area contributed by atoms with E-state index in [1.54, 1.807) is 0 Å². The molecule has 0 fully saturated rings. The number of hydrogen-bond acceptors (Lipinski definition) is 0. The van der Waals surface area contributed by atoms with Crippen molar-refractivity contribution in [2.75, 3.05) is 0 Å². The lowest BCUT2D eigenvalue weighted by Crippen LogP contribution is -2.23. The highest BCUT2D eigenvalue weighted by molar-refractivity contribution is 7.80. The second-order valence-corrected chi connectivity index (χ2v) is 16.6. The van der Waals surface area contributed by atoms with Crippen LogP contribution in [0.4, 0.5) is 0 Å². The van der Waals surface area contributed by atoms with Crippen molar-refractivity contribution in [2.24, 2.45) is 0 Å². The van der Waals surface area contributed by atoms with Gasteiger partial charge >= 0.3 is 0 Å². The number of hydrogen-bond donors (Lipinski definition) is 0. The van der Waals surface area contributed by atoms with Crippen LogP contribution in [-0.2, 0) is 0 Å². The Balaban J connectivity index is 1.11. The lowest BCUT2D eigenvalue weighted by atomic mass is 9.89. The molecule has 10 aromatic carbocycles. The summed E-state index contributed by atoms with van der Waals surface area (Å²) >= 11 is 0. The molecule has 0 aromatic heterocycles. The number of fused-ring (bicyclic) bond motifs is 7. The van der Waals surface area contributed by atoms with Gasteiger partial charge < -0.3 is 0 Å². The summed E-state index contributed by atoms with van der Waals surface area (Å²) in [6.45, 7) is 0. The van der Waals surface area contributed by atoms with Gasteiger partial charge in [-0.1, -0.05) is 200 Å². The fraction of sp³-hybridized carbons (Fsp3) is 0. The zero-order valence-corrected chi connectivity index (χ0v) is 31.0. The van der Waals surface area contributed by atoms with Gasteiger partial charge in [0.05, 0.1) is 0 Å². The first-order valence-corrected chi connectivity index (χ1v) is 20.4. The molecule has 0 atom stereocenters. The van der Waals surface area contributed by atoms with Crippen LogP contribution in [0.3, 0.4) is 0 Å². The van der Waals surface area contributed by atoms with Gasteiger partial charge in [-0.3, -0.25) is 0 Å². The van der Waals surface area contributed by atoms with Crippen LogP contribution in [0.2, 0.25) is 0 Å². The van der Waals surface area contributed by atoms with Crippen molar-refractivity contribution < 1.29 is 0 Å². The maximum atomic E-state index is 2.44. The Morgan fingerprint density at radius 2 is 0.709 bits per heavy atom. The van der Waals surface area contributed by atoms with E-state index >= 15 is 0 Å². The molecular weight excluding hydrogens is 680 g/mol. The zero-order chi connectivity index (χ0) is 36.3. The molecule has 0 unspecified atom stereocenters. The highest BCUT2D eigenvalue weighted by Gasteiger charge is 2.25. The van der Waals surface area contributed by atoms with Gasteiger partial charge in [-0.2, -0.15) is 0 Å². The molecule has 0 N–H and O–H groups in total. The molecule has 11 rings (SSSR count). The van der Waals surface area contributed by atoms with E-state index in [4.69, 9.17) is 0 Å². The van der Waals surface area contributed by atoms with Gasteiger partial charge in [0.25, 0.3) is 0 Å². The van der Waals surface area contributed by atoms with Crippen LogP contribution in [-0.4, -0.2) is 0 Å². The molecule has 0 spiro atoms. The van der Waals surface area contributed by atoms with Crippen molar-refractivity contribution in [3.63, 3.8) is 0 Å². The monoisotopic (exact) mass is 714 g/mol. The molecule has 0 saturated heterocycles. The third-order valence-corrected chi connectivity index (χ3v) is 13.9. The largest absolute Gasteiger partial charge is 0.0622 e. The summed E-state index contributed by atoms with van der Waals surface area (Å²) in [6.07, 6.45) is 0. The van der Waals surface area contributed by atoms with Crippen molar-refractivity contribution in [3.05, 3.63) is 212 Å². The Labute approximate surface area is 322 Å². The molecule has 0 nitrogen and oxygen atoms in total. The summed E-state index contributed by atoms with van der Waals surface area (Å²) < 4.78 is 0. The molecule has 55 heavy (non-hydrogen) atoms. The molecule has 0 aliphatic heterocycles. The summed E-state index contributed by atoms with van der Waals surface area (Å²) in [5.41, 5.74) is 12.9. The standard InChI is InChI=1S/C54H35P/c1-3-16-36(17-4-1)41-20-11-13-28-51(41)55(52-29-14-12-21-42(52)37-18-5-2-6-19-37)40-32-30-38(31-33-40)49-34-39-35-50-44-23-8-7-22-43(44)47-26-15-27-48(54(47)50)53(39)46-25-10-9-24-45(46)49/h1-35H. The van der Waals surface area contributed by atoms with Crippen molar-refractivity contribution >= 4 is 56.2 Å². The maximum Gasteiger partial charge on any atom is -0.00197 e. The normalized spacial score (nSPS) is 11.8. The summed E-state index contributed by atoms with van der Waals surface area (Å²) in [5.74, 6) is 0. The van der Waals surface area contributed by atoms with E-state index in [-0.39, 0.29) is 0 Å². The molecule has 0 radical (unpaired) electrons. The molecule has 0 heterocycles. The van der Waals surface area contributed by atoms with Crippen LogP contribution in [0.1, 0.15) is 0 Å². The highest BCUT2D eigenvalue weighted by Crippen LogP contribution is 2.51. The van der Waals surface area contributed by atoms with Crippen LogP contribution in [0.25, 0.3) is 88.0 Å². The van der Waals surface area contributed by atoms with Gasteiger partial charge in [-0.25, -0.2) is 0 Å². The Morgan fingerprint density at radius 3 is 1.35 bits per heavy atom. The minimum Gasteiger partial charge on any atom is -0.0622 e. The van der Waals surface area contributed by atoms with Crippen molar-refractivity contribution in [1.82, 2.24) is 0 Å². The van der Waals surface area contributed by atoms with E-state index in [1.165, 1.54) is 104 Å². The van der Waals surface area contributed by atoms with Gasteiger partial charge in [-0.15, -0.1) is 0 Å². The van der Waals surface area contributed by atoms with Gasteiger partial charge in [-0.05, 0) is 124 Å². The van der Waals surface area contributed by atoms with Crippen LogP contribution in [0.15, 0.2) is 212 Å². The fourth-order valence-electron chi connectivity index (χ4n) is 8.98. The van der Waals surface area contributed by atoms with Crippen LogP contribution in [0.5, 0.6) is 0 Å². The molecule has 0 saturated carbocycles. The lowest BCUT2D eigenvalue weighted by Gasteiger charge is -2.25. The summed E-state index contributed by atoms with van der Waals surface area (Å²) in [7, 11) is -0.924. The lowest BCUT2D eigenvalue weighted by molar-refractivity contribution is 1.64. The molecule has 1 heteroatoms. The van der Waals surface area contributed by atoms with E-state index in [2.05, 4.69) is 212 Å². The molecule has 10 aromatic rings. The second kappa shape index (κ2) is 13.1. The second-order valence-electron chi connectivity index (χ2n) is 14.4. The van der Waals surface area contributed by atoms with Gasteiger partial charge in [0.15, 0.2) is 0 Å².